The molecule has 2 heterocycles. The Morgan fingerprint density at radius 3 is 2.62 bits per heavy atom. The molecule has 1 aromatic heterocycles. The van der Waals surface area contributed by atoms with Gasteiger partial charge in [0.25, 0.3) is 5.91 Å². The normalized spacial score (nSPS) is 15.8. The first kappa shape index (κ1) is 20.5. The first-order chi connectivity index (χ1) is 13.7. The maximum atomic E-state index is 12.1. The molecule has 0 aliphatic carbocycles. The van der Waals surface area contributed by atoms with Gasteiger partial charge in [0.05, 0.1) is 23.2 Å². The van der Waals surface area contributed by atoms with Gasteiger partial charge >= 0.3 is 6.03 Å². The highest BCUT2D eigenvalue weighted by Crippen LogP contribution is 2.22. The van der Waals surface area contributed by atoms with Crippen molar-refractivity contribution in [1.82, 2.24) is 25.4 Å². The minimum atomic E-state index is -0.959. The number of amides is 4. The highest BCUT2D eigenvalue weighted by Gasteiger charge is 2.43. The van der Waals surface area contributed by atoms with Crippen LogP contribution in [0.25, 0.3) is 5.69 Å². The first-order valence-electron chi connectivity index (χ1n) is 8.97. The molecular formula is C19H21ClN6O3. The molecule has 0 bridgehead atoms. The topological polar surface area (TPSA) is 109 Å². The number of nitrogens with zero attached hydrogens (tertiary/aromatic N) is 4. The first-order valence-corrected chi connectivity index (χ1v) is 9.35. The number of aryl methyl sites for hydroxylation is 1. The molecule has 0 spiro atoms. The Morgan fingerprint density at radius 1 is 1.31 bits per heavy atom. The minimum absolute atomic E-state index is 0.0266. The summed E-state index contributed by atoms with van der Waals surface area (Å²) >= 11 is 6.39. The van der Waals surface area contributed by atoms with E-state index in [1.807, 2.05) is 30.3 Å². The third-order valence-electron chi connectivity index (χ3n) is 4.44. The largest absolute Gasteiger partial charge is 0.325 e. The third-order valence-corrected chi connectivity index (χ3v) is 4.80. The van der Waals surface area contributed by atoms with E-state index in [1.165, 1.54) is 6.21 Å². The number of hydrogen-bond acceptors (Lipinski definition) is 5. The molecule has 9 nitrogen and oxygen atoms in total. The average Bonchev–Trinajstić information content (AvgIpc) is 3.06. The number of halogens is 1. The average molecular weight is 417 g/mol. The van der Waals surface area contributed by atoms with Crippen LogP contribution >= 0.6 is 11.6 Å². The predicted octanol–water partition coefficient (Wildman–Crippen LogP) is 2.00. The van der Waals surface area contributed by atoms with Crippen molar-refractivity contribution in [3.8, 4) is 5.69 Å². The van der Waals surface area contributed by atoms with Gasteiger partial charge in [0.2, 0.25) is 5.91 Å². The van der Waals surface area contributed by atoms with E-state index in [-0.39, 0.29) is 18.9 Å². The van der Waals surface area contributed by atoms with Crippen LogP contribution in [0.4, 0.5) is 4.79 Å². The van der Waals surface area contributed by atoms with E-state index < -0.39 is 17.5 Å². The second-order valence-corrected chi connectivity index (χ2v) is 7.45. The summed E-state index contributed by atoms with van der Waals surface area (Å²) in [4.78, 5) is 37.0. The number of nitrogens with one attached hydrogen (secondary N) is 2. The van der Waals surface area contributed by atoms with E-state index in [2.05, 4.69) is 20.9 Å². The molecule has 29 heavy (non-hydrogen) atoms. The summed E-state index contributed by atoms with van der Waals surface area (Å²) in [6.45, 7) is 4.98. The molecule has 0 radical (unpaired) electrons. The van der Waals surface area contributed by atoms with Gasteiger partial charge in [-0.3, -0.25) is 14.5 Å². The van der Waals surface area contributed by atoms with E-state index in [0.717, 1.165) is 10.6 Å². The van der Waals surface area contributed by atoms with Gasteiger partial charge in [0, 0.05) is 13.0 Å². The molecule has 152 valence electrons. The quantitative estimate of drug-likeness (QED) is 0.426. The lowest BCUT2D eigenvalue weighted by atomic mass is 10.1. The minimum Gasteiger partial charge on any atom is -0.324 e. The summed E-state index contributed by atoms with van der Waals surface area (Å²) < 4.78 is 1.58. The van der Waals surface area contributed by atoms with E-state index in [1.54, 1.807) is 25.5 Å². The summed E-state index contributed by atoms with van der Waals surface area (Å²) in [7, 11) is 0. The molecule has 2 N–H and O–H groups in total. The van der Waals surface area contributed by atoms with Crippen LogP contribution in [0.15, 0.2) is 35.4 Å². The van der Waals surface area contributed by atoms with Gasteiger partial charge in [0.15, 0.2) is 0 Å². The zero-order valence-electron chi connectivity index (χ0n) is 16.3. The number of imide groups is 1. The van der Waals surface area contributed by atoms with Crippen LogP contribution in [0.2, 0.25) is 5.15 Å². The Kier molecular flexibility index (Phi) is 5.69. The smallest absolute Gasteiger partial charge is 0.324 e. The molecule has 1 aromatic carbocycles. The van der Waals surface area contributed by atoms with Gasteiger partial charge in [0.1, 0.15) is 10.7 Å². The monoisotopic (exact) mass is 416 g/mol. The van der Waals surface area contributed by atoms with Crippen LogP contribution in [0.3, 0.4) is 0 Å². The predicted molar refractivity (Wildman–Crippen MR) is 108 cm³/mol. The van der Waals surface area contributed by atoms with Crippen molar-refractivity contribution in [1.29, 1.82) is 0 Å². The lowest BCUT2D eigenvalue weighted by Gasteiger charge is -2.15. The molecule has 4 amide bonds. The molecule has 0 saturated carbocycles. The highest BCUT2D eigenvalue weighted by atomic mass is 35.5. The third kappa shape index (κ3) is 4.29. The summed E-state index contributed by atoms with van der Waals surface area (Å²) in [6, 6.07) is 8.89. The van der Waals surface area contributed by atoms with Crippen LogP contribution in [0, 0.1) is 6.92 Å². The standard InChI is InChI=1S/C19H21ClN6O3/c1-12-14(16(20)26(24-12)13-7-5-4-6-8-13)11-21-23-15(27)9-10-25-17(28)19(2,3)22-18(25)29/h4-8,11H,9-10H2,1-3H3,(H,22,29)(H,23,27)/b21-11-. The maximum Gasteiger partial charge on any atom is 0.325 e. The fraction of sp³-hybridized carbons (Fsp3) is 0.316. The van der Waals surface area contributed by atoms with Crippen LogP contribution < -0.4 is 10.7 Å². The van der Waals surface area contributed by atoms with Crippen LogP contribution in [-0.4, -0.2) is 50.8 Å². The molecule has 2 aromatic rings. The molecule has 0 atom stereocenters. The number of carbonyl (C=O) groups excluding carboxylic acids is 3. The van der Waals surface area contributed by atoms with Gasteiger partial charge in [-0.25, -0.2) is 14.9 Å². The molecule has 0 unspecified atom stereocenters. The van der Waals surface area contributed by atoms with Crippen molar-refractivity contribution >= 4 is 35.7 Å². The Balaban J connectivity index is 1.59. The number of benzene rings is 1. The molecule has 1 aliphatic heterocycles. The van der Waals surface area contributed by atoms with E-state index in [4.69, 9.17) is 11.6 Å². The highest BCUT2D eigenvalue weighted by molar-refractivity contribution is 6.32. The Morgan fingerprint density at radius 2 is 2.00 bits per heavy atom. The van der Waals surface area contributed by atoms with Gasteiger partial charge in [-0.2, -0.15) is 10.2 Å². The lowest BCUT2D eigenvalue weighted by Crippen LogP contribution is -2.40. The van der Waals surface area contributed by atoms with Crippen LogP contribution in [0.5, 0.6) is 0 Å². The van der Waals surface area contributed by atoms with E-state index >= 15 is 0 Å². The number of aromatic nitrogens is 2. The molecule has 1 fully saturated rings. The second kappa shape index (κ2) is 8.04. The summed E-state index contributed by atoms with van der Waals surface area (Å²) in [5.74, 6) is -0.801. The maximum absolute atomic E-state index is 12.1. The van der Waals surface area contributed by atoms with Crippen LogP contribution in [-0.2, 0) is 9.59 Å². The summed E-state index contributed by atoms with van der Waals surface area (Å²) in [6.07, 6.45) is 1.35. The number of hydrogen-bond donors (Lipinski definition) is 2. The Bertz CT molecular complexity index is 983. The van der Waals surface area contributed by atoms with E-state index in [9.17, 15) is 14.4 Å². The number of rotatable bonds is 6. The molecule has 3 rings (SSSR count). The zero-order valence-corrected chi connectivity index (χ0v) is 17.0. The summed E-state index contributed by atoms with van der Waals surface area (Å²) in [5, 5.41) is 11.2. The van der Waals surface area contributed by atoms with Crippen molar-refractivity contribution in [2.75, 3.05) is 6.54 Å². The Hall–Kier alpha value is -3.20. The van der Waals surface area contributed by atoms with Gasteiger partial charge in [-0.05, 0) is 32.9 Å². The molecule has 1 aliphatic rings. The lowest BCUT2D eigenvalue weighted by molar-refractivity contribution is -0.130. The molecule has 1 saturated heterocycles. The van der Waals surface area contributed by atoms with Crippen molar-refractivity contribution < 1.29 is 14.4 Å². The van der Waals surface area contributed by atoms with Crippen molar-refractivity contribution in [3.63, 3.8) is 0 Å². The SMILES string of the molecule is Cc1nn(-c2ccccc2)c(Cl)c1/C=N\NC(=O)CCN1C(=O)NC(C)(C)C1=O. The van der Waals surface area contributed by atoms with Crippen LogP contribution in [0.1, 0.15) is 31.5 Å². The number of carbonyl (C=O) groups is 3. The fourth-order valence-corrected chi connectivity index (χ4v) is 3.18. The number of hydrazone groups is 1. The number of urea groups is 1. The van der Waals surface area contributed by atoms with Crippen molar-refractivity contribution in [2.24, 2.45) is 5.10 Å². The van der Waals surface area contributed by atoms with Crippen molar-refractivity contribution in [3.05, 3.63) is 46.7 Å². The van der Waals surface area contributed by atoms with Gasteiger partial charge in [-0.15, -0.1) is 0 Å². The van der Waals surface area contributed by atoms with Gasteiger partial charge in [-0.1, -0.05) is 29.8 Å². The Labute approximate surface area is 172 Å². The van der Waals surface area contributed by atoms with Crippen molar-refractivity contribution in [2.45, 2.75) is 32.7 Å². The van der Waals surface area contributed by atoms with Gasteiger partial charge < -0.3 is 5.32 Å². The molecule has 10 heteroatoms. The second-order valence-electron chi connectivity index (χ2n) is 7.09. The summed E-state index contributed by atoms with van der Waals surface area (Å²) in [5.41, 5.74) is 3.45. The molecular weight excluding hydrogens is 396 g/mol. The van der Waals surface area contributed by atoms with E-state index in [0.29, 0.717) is 16.4 Å². The fourth-order valence-electron chi connectivity index (χ4n) is 2.86. The number of para-hydroxylation sites is 1. The zero-order chi connectivity index (χ0) is 21.2.